The van der Waals surface area contributed by atoms with Crippen LogP contribution in [-0.4, -0.2) is 20.9 Å². The Bertz CT molecular complexity index is 1460. The summed E-state index contributed by atoms with van der Waals surface area (Å²) < 4.78 is 5.70. The number of hydrogen-bond donors (Lipinski definition) is 1. The summed E-state index contributed by atoms with van der Waals surface area (Å²) in [5.74, 6) is 0.0947. The molecule has 158 valence electrons. The first kappa shape index (κ1) is 20.6. The van der Waals surface area contributed by atoms with E-state index in [1.54, 1.807) is 42.5 Å². The van der Waals surface area contributed by atoms with Gasteiger partial charge in [0.1, 0.15) is 16.8 Å². The minimum atomic E-state index is -0.460. The first-order valence-electron chi connectivity index (χ1n) is 9.46. The molecule has 1 N–H and O–H groups in total. The van der Waals surface area contributed by atoms with E-state index in [4.69, 9.17) is 39.2 Å². The molecule has 32 heavy (non-hydrogen) atoms. The maximum atomic E-state index is 12.8. The van der Waals surface area contributed by atoms with Crippen molar-refractivity contribution in [2.24, 2.45) is 0 Å². The lowest BCUT2D eigenvalue weighted by Crippen LogP contribution is -2.11. The van der Waals surface area contributed by atoms with Gasteiger partial charge in [-0.3, -0.25) is 4.79 Å². The zero-order chi connectivity index (χ0) is 22.2. The Morgan fingerprint density at radius 2 is 1.59 bits per heavy atom. The molecule has 6 nitrogen and oxygen atoms in total. The van der Waals surface area contributed by atoms with Crippen LogP contribution in [0.15, 0.2) is 77.2 Å². The molecule has 2 aromatic heterocycles. The minimum Gasteiger partial charge on any atom is -0.451 e. The van der Waals surface area contributed by atoms with Crippen LogP contribution < -0.4 is 5.32 Å². The summed E-state index contributed by atoms with van der Waals surface area (Å²) >= 11 is 18.5. The maximum Gasteiger partial charge on any atom is 0.291 e. The number of rotatable bonds is 4. The number of fused-ring (bicyclic) bond motifs is 1. The molecule has 9 heteroatoms. The highest BCUT2D eigenvalue weighted by atomic mass is 35.5. The second-order valence-electron chi connectivity index (χ2n) is 6.89. The van der Waals surface area contributed by atoms with Crippen molar-refractivity contribution in [2.75, 3.05) is 5.32 Å². The number of furan rings is 1. The van der Waals surface area contributed by atoms with Gasteiger partial charge in [-0.05, 0) is 54.6 Å². The summed E-state index contributed by atoms with van der Waals surface area (Å²) in [4.78, 5) is 14.3. The van der Waals surface area contributed by atoms with Crippen molar-refractivity contribution in [1.29, 1.82) is 0 Å². The monoisotopic (exact) mass is 482 g/mol. The smallest absolute Gasteiger partial charge is 0.291 e. The van der Waals surface area contributed by atoms with Crippen LogP contribution in [0.1, 0.15) is 10.6 Å². The zero-order valence-electron chi connectivity index (χ0n) is 16.2. The van der Waals surface area contributed by atoms with Crippen LogP contribution in [-0.2, 0) is 0 Å². The van der Waals surface area contributed by atoms with E-state index in [-0.39, 0.29) is 5.76 Å². The normalized spacial score (nSPS) is 11.1. The van der Waals surface area contributed by atoms with Crippen LogP contribution in [0.5, 0.6) is 0 Å². The number of para-hydroxylation sites is 1. The molecule has 0 atom stereocenters. The fourth-order valence-electron chi connectivity index (χ4n) is 3.19. The van der Waals surface area contributed by atoms with E-state index < -0.39 is 5.91 Å². The van der Waals surface area contributed by atoms with E-state index >= 15 is 0 Å². The number of nitrogens with zero attached hydrogens (tertiary/aromatic N) is 3. The standard InChI is InChI=1S/C23H13Cl3N4O2/c24-13-6-7-15(16(25)10-13)21-8-9-22(32-21)23(31)27-18-12-20-19(11-17(18)26)28-30(29-20)14-4-2-1-3-5-14/h1-12H,(H,27,31). The predicted octanol–water partition coefficient (Wildman–Crippen LogP) is 6.89. The molecule has 0 fully saturated rings. The third-order valence-corrected chi connectivity index (χ3v) is 5.59. The number of hydrogen-bond acceptors (Lipinski definition) is 4. The van der Waals surface area contributed by atoms with E-state index in [2.05, 4.69) is 15.5 Å². The highest BCUT2D eigenvalue weighted by molar-refractivity contribution is 6.36. The van der Waals surface area contributed by atoms with Crippen LogP contribution >= 0.6 is 34.8 Å². The summed E-state index contributed by atoms with van der Waals surface area (Å²) in [6.07, 6.45) is 0. The van der Waals surface area contributed by atoms with Crippen LogP contribution in [0, 0.1) is 0 Å². The molecule has 5 aromatic rings. The molecule has 0 spiro atoms. The molecule has 0 unspecified atom stereocenters. The Hall–Kier alpha value is -3.32. The molecule has 5 rings (SSSR count). The van der Waals surface area contributed by atoms with Gasteiger partial charge in [-0.2, -0.15) is 4.80 Å². The Balaban J connectivity index is 1.41. The molecule has 1 amide bonds. The number of anilines is 1. The molecular weight excluding hydrogens is 471 g/mol. The van der Waals surface area contributed by atoms with Crippen molar-refractivity contribution >= 4 is 57.4 Å². The molecule has 2 heterocycles. The van der Waals surface area contributed by atoms with Gasteiger partial charge in [-0.1, -0.05) is 53.0 Å². The average molecular weight is 484 g/mol. The number of amides is 1. The van der Waals surface area contributed by atoms with Crippen LogP contribution in [0.3, 0.4) is 0 Å². The Morgan fingerprint density at radius 3 is 2.34 bits per heavy atom. The van der Waals surface area contributed by atoms with Gasteiger partial charge in [-0.15, -0.1) is 10.2 Å². The van der Waals surface area contributed by atoms with Crippen molar-refractivity contribution in [3.63, 3.8) is 0 Å². The molecule has 3 aromatic carbocycles. The topological polar surface area (TPSA) is 73.0 Å². The molecule has 0 radical (unpaired) electrons. The summed E-state index contributed by atoms with van der Waals surface area (Å²) in [5.41, 5.74) is 3.03. The van der Waals surface area contributed by atoms with Gasteiger partial charge in [-0.25, -0.2) is 0 Å². The van der Waals surface area contributed by atoms with Crippen molar-refractivity contribution in [3.8, 4) is 17.0 Å². The third-order valence-electron chi connectivity index (χ3n) is 4.73. The Morgan fingerprint density at radius 1 is 0.844 bits per heavy atom. The lowest BCUT2D eigenvalue weighted by atomic mass is 10.2. The van der Waals surface area contributed by atoms with Crippen LogP contribution in [0.2, 0.25) is 15.1 Å². The Labute approximate surface area is 197 Å². The fourth-order valence-corrected chi connectivity index (χ4v) is 3.90. The van der Waals surface area contributed by atoms with Gasteiger partial charge >= 0.3 is 0 Å². The number of carbonyl (C=O) groups is 1. The second-order valence-corrected chi connectivity index (χ2v) is 8.14. The number of halogens is 3. The Kier molecular flexibility index (Phi) is 5.35. The summed E-state index contributed by atoms with van der Waals surface area (Å²) in [7, 11) is 0. The van der Waals surface area contributed by atoms with E-state index in [1.165, 1.54) is 4.80 Å². The maximum absolute atomic E-state index is 12.8. The quantitative estimate of drug-likeness (QED) is 0.302. The molecule has 0 bridgehead atoms. The predicted molar refractivity (Wildman–Crippen MR) is 126 cm³/mol. The fraction of sp³-hybridized carbons (Fsp3) is 0. The van der Waals surface area contributed by atoms with E-state index in [0.717, 1.165) is 5.69 Å². The molecule has 0 aliphatic rings. The highest BCUT2D eigenvalue weighted by Gasteiger charge is 2.17. The third kappa shape index (κ3) is 3.96. The van der Waals surface area contributed by atoms with Crippen LogP contribution in [0.25, 0.3) is 28.0 Å². The molecular formula is C23H13Cl3N4O2. The lowest BCUT2D eigenvalue weighted by molar-refractivity contribution is 0.0997. The number of benzene rings is 3. The van der Waals surface area contributed by atoms with Crippen molar-refractivity contribution < 1.29 is 9.21 Å². The highest BCUT2D eigenvalue weighted by Crippen LogP contribution is 2.32. The first-order chi connectivity index (χ1) is 15.5. The van der Waals surface area contributed by atoms with Gasteiger partial charge < -0.3 is 9.73 Å². The second kappa shape index (κ2) is 8.31. The minimum absolute atomic E-state index is 0.107. The number of carbonyl (C=O) groups excluding carboxylic acids is 1. The lowest BCUT2D eigenvalue weighted by Gasteiger charge is -2.05. The summed E-state index contributed by atoms with van der Waals surface area (Å²) in [5, 5.41) is 12.9. The summed E-state index contributed by atoms with van der Waals surface area (Å²) in [6.45, 7) is 0. The van der Waals surface area contributed by atoms with Crippen molar-refractivity contribution in [1.82, 2.24) is 15.0 Å². The number of nitrogens with one attached hydrogen (secondary N) is 1. The number of aromatic nitrogens is 3. The van der Waals surface area contributed by atoms with E-state index in [9.17, 15) is 4.79 Å². The van der Waals surface area contributed by atoms with Gasteiger partial charge in [0.25, 0.3) is 5.91 Å². The van der Waals surface area contributed by atoms with Crippen LogP contribution in [0.4, 0.5) is 5.69 Å². The van der Waals surface area contributed by atoms with E-state index in [0.29, 0.717) is 43.1 Å². The van der Waals surface area contributed by atoms with Gasteiger partial charge in [0, 0.05) is 10.6 Å². The molecule has 0 saturated heterocycles. The van der Waals surface area contributed by atoms with Gasteiger partial charge in [0.15, 0.2) is 5.76 Å². The average Bonchev–Trinajstić information content (AvgIpc) is 3.42. The van der Waals surface area contributed by atoms with Gasteiger partial charge in [0.2, 0.25) is 0 Å². The van der Waals surface area contributed by atoms with Gasteiger partial charge in [0.05, 0.1) is 21.4 Å². The SMILES string of the molecule is O=C(Nc1cc2nn(-c3ccccc3)nc2cc1Cl)c1ccc(-c2ccc(Cl)cc2Cl)o1. The molecule has 0 saturated carbocycles. The van der Waals surface area contributed by atoms with Crippen molar-refractivity contribution in [2.45, 2.75) is 0 Å². The largest absolute Gasteiger partial charge is 0.451 e. The molecule has 0 aliphatic carbocycles. The summed E-state index contributed by atoms with van der Waals surface area (Å²) in [6, 6.07) is 21.1. The molecule has 0 aliphatic heterocycles. The van der Waals surface area contributed by atoms with E-state index in [1.807, 2.05) is 30.3 Å². The zero-order valence-corrected chi connectivity index (χ0v) is 18.5. The first-order valence-corrected chi connectivity index (χ1v) is 10.6. The van der Waals surface area contributed by atoms with Crippen molar-refractivity contribution in [3.05, 3.63) is 93.6 Å².